The molecule has 0 aliphatic carbocycles. The lowest BCUT2D eigenvalue weighted by molar-refractivity contribution is 0.0714. The third-order valence-electron chi connectivity index (χ3n) is 6.32. The molecule has 1 aliphatic heterocycles. The van der Waals surface area contributed by atoms with Crippen LogP contribution >= 0.6 is 15.9 Å². The number of halogens is 1. The predicted molar refractivity (Wildman–Crippen MR) is 144 cm³/mol. The Morgan fingerprint density at radius 2 is 1.65 bits per heavy atom. The summed E-state index contributed by atoms with van der Waals surface area (Å²) in [5.41, 5.74) is 2.07. The molecule has 2 heterocycles. The number of amides is 1. The molecule has 4 aromatic rings. The molecule has 37 heavy (non-hydrogen) atoms. The summed E-state index contributed by atoms with van der Waals surface area (Å²) >= 11 is 3.44. The minimum Gasteiger partial charge on any atom is -0.497 e. The first-order valence-corrected chi connectivity index (χ1v) is 12.8. The van der Waals surface area contributed by atoms with E-state index in [1.807, 2.05) is 56.3 Å². The molecule has 1 amide bonds. The average Bonchev–Trinajstić information content (AvgIpc) is 3.17. The maximum Gasteiger partial charge on any atom is 0.291 e. The summed E-state index contributed by atoms with van der Waals surface area (Å²) in [6.45, 7) is 5.00. The van der Waals surface area contributed by atoms with Crippen molar-refractivity contribution < 1.29 is 23.4 Å². The van der Waals surface area contributed by atoms with E-state index >= 15 is 0 Å². The second-order valence-corrected chi connectivity index (χ2v) is 9.49. The molecule has 0 saturated carbocycles. The molecule has 5 rings (SSSR count). The summed E-state index contributed by atoms with van der Waals surface area (Å²) in [7, 11) is 1.61. The van der Waals surface area contributed by atoms with Crippen LogP contribution in [-0.4, -0.2) is 31.1 Å². The van der Waals surface area contributed by atoms with Crippen molar-refractivity contribution in [3.8, 4) is 17.2 Å². The fraction of sp³-hybridized carbons (Fsp3) is 0.241. The number of ether oxygens (including phenoxy) is 3. The van der Waals surface area contributed by atoms with Crippen molar-refractivity contribution >= 4 is 32.8 Å². The van der Waals surface area contributed by atoms with Crippen molar-refractivity contribution in [2.75, 3.05) is 20.3 Å². The molecule has 0 fully saturated rings. The van der Waals surface area contributed by atoms with Crippen LogP contribution < -0.4 is 19.6 Å². The van der Waals surface area contributed by atoms with Gasteiger partial charge in [0.15, 0.2) is 16.9 Å². The Labute approximate surface area is 222 Å². The van der Waals surface area contributed by atoms with Crippen molar-refractivity contribution in [2.24, 2.45) is 0 Å². The van der Waals surface area contributed by atoms with Crippen molar-refractivity contribution in [1.29, 1.82) is 0 Å². The molecule has 1 aliphatic rings. The van der Waals surface area contributed by atoms with Crippen LogP contribution in [0.25, 0.3) is 11.0 Å². The van der Waals surface area contributed by atoms with Crippen LogP contribution in [0, 0.1) is 0 Å². The Kier molecular flexibility index (Phi) is 6.93. The van der Waals surface area contributed by atoms with Crippen molar-refractivity contribution in [3.05, 3.63) is 97.8 Å². The van der Waals surface area contributed by atoms with E-state index < -0.39 is 6.04 Å². The molecule has 1 unspecified atom stereocenters. The third kappa shape index (κ3) is 4.57. The highest BCUT2D eigenvalue weighted by molar-refractivity contribution is 9.10. The number of hydrogen-bond donors (Lipinski definition) is 0. The van der Waals surface area contributed by atoms with Gasteiger partial charge in [-0.3, -0.25) is 9.59 Å². The largest absolute Gasteiger partial charge is 0.497 e. The zero-order valence-electron chi connectivity index (χ0n) is 20.7. The summed E-state index contributed by atoms with van der Waals surface area (Å²) in [4.78, 5) is 29.2. The topological polar surface area (TPSA) is 78.2 Å². The van der Waals surface area contributed by atoms with Gasteiger partial charge in [-0.25, -0.2) is 0 Å². The highest BCUT2D eigenvalue weighted by Gasteiger charge is 2.43. The molecule has 0 bridgehead atoms. The molecule has 0 saturated heterocycles. The van der Waals surface area contributed by atoms with Crippen LogP contribution in [0.15, 0.2) is 74.3 Å². The van der Waals surface area contributed by atoms with Crippen molar-refractivity contribution in [3.63, 3.8) is 0 Å². The molecule has 0 radical (unpaired) electrons. The number of fused-ring (bicyclic) bond motifs is 2. The zero-order valence-corrected chi connectivity index (χ0v) is 22.3. The lowest BCUT2D eigenvalue weighted by Crippen LogP contribution is -2.29. The Balaban J connectivity index is 1.69. The van der Waals surface area contributed by atoms with Crippen LogP contribution in [0.2, 0.25) is 0 Å². The van der Waals surface area contributed by atoms with Crippen molar-refractivity contribution in [1.82, 2.24) is 4.90 Å². The van der Waals surface area contributed by atoms with Crippen LogP contribution in [0.1, 0.15) is 47.1 Å². The normalized spacial score (nSPS) is 14.6. The Hall–Kier alpha value is -3.78. The highest BCUT2D eigenvalue weighted by atomic mass is 79.9. The van der Waals surface area contributed by atoms with Gasteiger partial charge < -0.3 is 23.5 Å². The Morgan fingerprint density at radius 3 is 2.35 bits per heavy atom. The Bertz CT molecular complexity index is 1530. The maximum absolute atomic E-state index is 13.8. The first-order valence-electron chi connectivity index (χ1n) is 12.0. The number of benzene rings is 3. The predicted octanol–water partition coefficient (Wildman–Crippen LogP) is 6.11. The van der Waals surface area contributed by atoms with E-state index in [0.717, 1.165) is 21.3 Å². The van der Waals surface area contributed by atoms with Crippen LogP contribution in [0.3, 0.4) is 0 Å². The van der Waals surface area contributed by atoms with Gasteiger partial charge in [-0.2, -0.15) is 0 Å². The zero-order chi connectivity index (χ0) is 26.1. The first kappa shape index (κ1) is 24.9. The molecule has 3 aromatic carbocycles. The second-order valence-electron chi connectivity index (χ2n) is 8.57. The number of carbonyl (C=O) groups excluding carboxylic acids is 1. The van der Waals surface area contributed by atoms with Gasteiger partial charge in [-0.05, 0) is 67.4 Å². The molecule has 1 aromatic heterocycles. The van der Waals surface area contributed by atoms with Crippen LogP contribution in [0.5, 0.6) is 17.2 Å². The van der Waals surface area contributed by atoms with E-state index in [9.17, 15) is 9.59 Å². The Morgan fingerprint density at radius 1 is 0.919 bits per heavy atom. The number of carbonyl (C=O) groups is 1. The SMILES string of the molecule is CCOc1ccc(C2c3c(oc4ccc(Br)cc4c3=O)C(=O)N2Cc2ccc(OC)cc2)cc1OCC. The van der Waals surface area contributed by atoms with Gasteiger partial charge in [0.1, 0.15) is 11.3 Å². The fourth-order valence-corrected chi connectivity index (χ4v) is 5.03. The smallest absolute Gasteiger partial charge is 0.291 e. The summed E-state index contributed by atoms with van der Waals surface area (Å²) < 4.78 is 23.7. The second kappa shape index (κ2) is 10.3. The van der Waals surface area contributed by atoms with Crippen LogP contribution in [-0.2, 0) is 6.54 Å². The van der Waals surface area contributed by atoms with Gasteiger partial charge >= 0.3 is 0 Å². The number of methoxy groups -OCH3 is 1. The first-order chi connectivity index (χ1) is 17.9. The van der Waals surface area contributed by atoms with Gasteiger partial charge in [0.2, 0.25) is 5.76 Å². The molecular formula is C29H26BrNO6. The quantitative estimate of drug-likeness (QED) is 0.257. The summed E-state index contributed by atoms with van der Waals surface area (Å²) in [6, 6.07) is 17.5. The minimum absolute atomic E-state index is 0.0604. The molecule has 8 heteroatoms. The summed E-state index contributed by atoms with van der Waals surface area (Å²) in [6.07, 6.45) is 0. The number of rotatable bonds is 8. The van der Waals surface area contributed by atoms with E-state index in [1.54, 1.807) is 30.2 Å². The highest BCUT2D eigenvalue weighted by Crippen LogP contribution is 2.42. The van der Waals surface area contributed by atoms with E-state index in [0.29, 0.717) is 41.2 Å². The third-order valence-corrected chi connectivity index (χ3v) is 6.82. The number of nitrogens with zero attached hydrogens (tertiary/aromatic N) is 1. The van der Waals surface area contributed by atoms with E-state index in [1.165, 1.54) is 0 Å². The molecule has 190 valence electrons. The fourth-order valence-electron chi connectivity index (χ4n) is 4.67. The summed E-state index contributed by atoms with van der Waals surface area (Å²) in [5, 5.41) is 0.410. The van der Waals surface area contributed by atoms with Gasteiger partial charge in [-0.15, -0.1) is 0 Å². The number of hydrogen-bond acceptors (Lipinski definition) is 6. The van der Waals surface area contributed by atoms with E-state index in [4.69, 9.17) is 18.6 Å². The monoisotopic (exact) mass is 563 g/mol. The van der Waals surface area contributed by atoms with Crippen molar-refractivity contribution in [2.45, 2.75) is 26.4 Å². The lowest BCUT2D eigenvalue weighted by atomic mass is 9.97. The van der Waals surface area contributed by atoms with Crippen LogP contribution in [0.4, 0.5) is 0 Å². The summed E-state index contributed by atoms with van der Waals surface area (Å²) in [5.74, 6) is 1.60. The molecule has 0 N–H and O–H groups in total. The standard InChI is InChI=1S/C29H26BrNO6/c1-4-35-23-12-8-18(14-24(23)36-5-2)26-25-27(32)21-15-19(30)9-13-22(21)37-28(25)29(33)31(26)16-17-6-10-20(34-3)11-7-17/h6-15,26H,4-5,16H2,1-3H3. The lowest BCUT2D eigenvalue weighted by Gasteiger charge is -2.26. The average molecular weight is 564 g/mol. The van der Waals surface area contributed by atoms with Gasteiger partial charge in [0.05, 0.1) is 37.3 Å². The molecule has 1 atom stereocenters. The molecule has 0 spiro atoms. The molecular weight excluding hydrogens is 538 g/mol. The van der Waals surface area contributed by atoms with Gasteiger partial charge in [-0.1, -0.05) is 34.1 Å². The van der Waals surface area contributed by atoms with Gasteiger partial charge in [0, 0.05) is 11.0 Å². The maximum atomic E-state index is 13.8. The van der Waals surface area contributed by atoms with Gasteiger partial charge in [0.25, 0.3) is 5.91 Å². The minimum atomic E-state index is -0.667. The van der Waals surface area contributed by atoms with E-state index in [2.05, 4.69) is 15.9 Å². The van der Waals surface area contributed by atoms with E-state index in [-0.39, 0.29) is 23.6 Å². The molecule has 7 nitrogen and oxygen atoms in total.